The fourth-order valence-corrected chi connectivity index (χ4v) is 4.07. The lowest BCUT2D eigenvalue weighted by Gasteiger charge is -2.41. The standard InChI is InChI=1S/C25H33N3O3/c1-6-20(30-5)15-21-18(4)31-25(11-13-26-14-12-25)16-22(21)19-9-10-23(27-17-19)24(29)28(7-2)8-3/h6,9-10,15-17,26H,4,7-8,11-14H2,1-3,5H3/b20-6+,21-15+. The van der Waals surface area contributed by atoms with Crippen LogP contribution >= 0.6 is 0 Å². The first-order valence-electron chi connectivity index (χ1n) is 11.0. The number of aromatic nitrogens is 1. The predicted octanol–water partition coefficient (Wildman–Crippen LogP) is 4.09. The molecule has 0 saturated carbocycles. The highest BCUT2D eigenvalue weighted by Crippen LogP contribution is 2.42. The van der Waals surface area contributed by atoms with Gasteiger partial charge in [0.15, 0.2) is 0 Å². The van der Waals surface area contributed by atoms with E-state index in [1.165, 1.54) is 0 Å². The Morgan fingerprint density at radius 2 is 2.03 bits per heavy atom. The molecule has 1 aromatic rings. The zero-order chi connectivity index (χ0) is 22.4. The Bertz CT molecular complexity index is 902. The first kappa shape index (κ1) is 22.8. The number of rotatable bonds is 6. The Morgan fingerprint density at radius 1 is 1.32 bits per heavy atom. The van der Waals surface area contributed by atoms with Crippen LogP contribution in [0.25, 0.3) is 5.57 Å². The Labute approximate surface area is 185 Å². The minimum absolute atomic E-state index is 0.0527. The molecule has 0 atom stereocenters. The number of allylic oxidation sites excluding steroid dienone is 3. The highest BCUT2D eigenvalue weighted by molar-refractivity contribution is 5.93. The van der Waals surface area contributed by atoms with Gasteiger partial charge in [0.2, 0.25) is 0 Å². The van der Waals surface area contributed by atoms with Gasteiger partial charge in [-0.05, 0) is 63.7 Å². The third-order valence-corrected chi connectivity index (χ3v) is 5.93. The van der Waals surface area contributed by atoms with E-state index in [-0.39, 0.29) is 11.5 Å². The van der Waals surface area contributed by atoms with Crippen molar-refractivity contribution in [3.8, 4) is 0 Å². The van der Waals surface area contributed by atoms with Crippen LogP contribution < -0.4 is 5.32 Å². The molecule has 6 nitrogen and oxygen atoms in total. The number of carbonyl (C=O) groups is 1. The molecule has 2 aliphatic heterocycles. The molecule has 0 aliphatic carbocycles. The summed E-state index contributed by atoms with van der Waals surface area (Å²) in [5.74, 6) is 1.30. The van der Waals surface area contributed by atoms with E-state index in [4.69, 9.17) is 9.47 Å². The van der Waals surface area contributed by atoms with E-state index < -0.39 is 0 Å². The van der Waals surface area contributed by atoms with Gasteiger partial charge in [0, 0.05) is 43.3 Å². The largest absolute Gasteiger partial charge is 0.497 e. The molecule has 1 amide bonds. The molecule has 1 saturated heterocycles. The van der Waals surface area contributed by atoms with Crippen LogP contribution in [-0.4, -0.2) is 54.7 Å². The van der Waals surface area contributed by atoms with Crippen LogP contribution in [-0.2, 0) is 9.47 Å². The van der Waals surface area contributed by atoms with Gasteiger partial charge < -0.3 is 19.7 Å². The van der Waals surface area contributed by atoms with E-state index in [1.807, 2.05) is 39.0 Å². The monoisotopic (exact) mass is 423 g/mol. The van der Waals surface area contributed by atoms with E-state index in [2.05, 4.69) is 23.0 Å². The molecule has 1 spiro atoms. The highest BCUT2D eigenvalue weighted by atomic mass is 16.5. The molecular weight excluding hydrogens is 390 g/mol. The third kappa shape index (κ3) is 4.90. The van der Waals surface area contributed by atoms with E-state index in [0.717, 1.165) is 48.4 Å². The van der Waals surface area contributed by atoms with Crippen LogP contribution in [0.15, 0.2) is 60.2 Å². The quantitative estimate of drug-likeness (QED) is 0.698. The summed E-state index contributed by atoms with van der Waals surface area (Å²) < 4.78 is 11.8. The van der Waals surface area contributed by atoms with Crippen molar-refractivity contribution in [3.05, 3.63) is 71.5 Å². The van der Waals surface area contributed by atoms with Gasteiger partial charge in [-0.15, -0.1) is 0 Å². The third-order valence-electron chi connectivity index (χ3n) is 5.93. The number of amides is 1. The molecule has 0 aromatic carbocycles. The molecule has 31 heavy (non-hydrogen) atoms. The summed E-state index contributed by atoms with van der Waals surface area (Å²) in [6.07, 6.45) is 9.55. The number of hydrogen-bond donors (Lipinski definition) is 1. The Balaban J connectivity index is 2.04. The summed E-state index contributed by atoms with van der Waals surface area (Å²) in [7, 11) is 1.64. The van der Waals surface area contributed by atoms with E-state index in [9.17, 15) is 4.79 Å². The lowest BCUT2D eigenvalue weighted by atomic mass is 9.83. The Hall–Kier alpha value is -2.86. The summed E-state index contributed by atoms with van der Waals surface area (Å²) in [6, 6.07) is 3.76. The first-order valence-corrected chi connectivity index (χ1v) is 11.0. The molecule has 2 aliphatic rings. The van der Waals surface area contributed by atoms with Gasteiger partial charge in [-0.25, -0.2) is 0 Å². The number of carbonyl (C=O) groups excluding carboxylic acids is 1. The van der Waals surface area contributed by atoms with Crippen molar-refractivity contribution >= 4 is 11.5 Å². The minimum atomic E-state index is -0.381. The van der Waals surface area contributed by atoms with Crippen LogP contribution in [0.1, 0.15) is 49.7 Å². The highest BCUT2D eigenvalue weighted by Gasteiger charge is 2.38. The molecule has 166 valence electrons. The lowest BCUT2D eigenvalue weighted by Crippen LogP contribution is -2.44. The van der Waals surface area contributed by atoms with Crippen molar-refractivity contribution < 1.29 is 14.3 Å². The van der Waals surface area contributed by atoms with Crippen LogP contribution in [0, 0.1) is 0 Å². The smallest absolute Gasteiger partial charge is 0.272 e. The number of ether oxygens (including phenoxy) is 2. The summed E-state index contributed by atoms with van der Waals surface area (Å²) in [5, 5.41) is 3.39. The molecule has 0 bridgehead atoms. The zero-order valence-electron chi connectivity index (χ0n) is 19.0. The first-order chi connectivity index (χ1) is 15.0. The summed E-state index contributed by atoms with van der Waals surface area (Å²) in [6.45, 7) is 13.2. The van der Waals surface area contributed by atoms with Gasteiger partial charge in [0.05, 0.1) is 7.11 Å². The van der Waals surface area contributed by atoms with Gasteiger partial charge in [-0.1, -0.05) is 12.6 Å². The molecule has 1 aromatic heterocycles. The number of hydrogen-bond acceptors (Lipinski definition) is 5. The van der Waals surface area contributed by atoms with Crippen LogP contribution in [0.2, 0.25) is 0 Å². The molecule has 0 unspecified atom stereocenters. The minimum Gasteiger partial charge on any atom is -0.497 e. The molecular formula is C25H33N3O3. The van der Waals surface area contributed by atoms with Crippen LogP contribution in [0.3, 0.4) is 0 Å². The maximum atomic E-state index is 12.6. The molecule has 0 radical (unpaired) electrons. The second-order valence-electron chi connectivity index (χ2n) is 7.76. The predicted molar refractivity (Wildman–Crippen MR) is 123 cm³/mol. The summed E-state index contributed by atoms with van der Waals surface area (Å²) in [5.41, 5.74) is 2.87. The molecule has 1 fully saturated rings. The number of nitrogens with one attached hydrogen (secondary N) is 1. The topological polar surface area (TPSA) is 63.7 Å². The van der Waals surface area contributed by atoms with Crippen molar-refractivity contribution in [2.24, 2.45) is 0 Å². The molecule has 1 N–H and O–H groups in total. The van der Waals surface area contributed by atoms with Crippen molar-refractivity contribution in [1.82, 2.24) is 15.2 Å². The second-order valence-corrected chi connectivity index (χ2v) is 7.76. The zero-order valence-corrected chi connectivity index (χ0v) is 19.0. The maximum absolute atomic E-state index is 12.6. The van der Waals surface area contributed by atoms with Crippen molar-refractivity contribution in [1.29, 1.82) is 0 Å². The molecule has 3 rings (SSSR count). The van der Waals surface area contributed by atoms with Crippen molar-refractivity contribution in [2.45, 2.75) is 39.2 Å². The lowest BCUT2D eigenvalue weighted by molar-refractivity contribution is 0.0209. The molecule has 6 heteroatoms. The number of methoxy groups -OCH3 is 1. The molecule has 3 heterocycles. The van der Waals surface area contributed by atoms with Crippen molar-refractivity contribution in [3.63, 3.8) is 0 Å². The van der Waals surface area contributed by atoms with E-state index in [0.29, 0.717) is 24.5 Å². The Morgan fingerprint density at radius 3 is 2.58 bits per heavy atom. The average Bonchev–Trinajstić information content (AvgIpc) is 2.80. The number of nitrogens with zero attached hydrogens (tertiary/aromatic N) is 2. The maximum Gasteiger partial charge on any atom is 0.272 e. The van der Waals surface area contributed by atoms with Gasteiger partial charge in [-0.3, -0.25) is 9.78 Å². The van der Waals surface area contributed by atoms with Gasteiger partial charge in [0.1, 0.15) is 22.8 Å². The van der Waals surface area contributed by atoms with E-state index >= 15 is 0 Å². The van der Waals surface area contributed by atoms with Crippen LogP contribution in [0.4, 0.5) is 0 Å². The SMILES string of the molecule is C=C1OC2(C=C(c3ccc(C(=O)N(CC)CC)nc3)/C1=C/C(=C\C)OC)CCNCC2. The number of pyridine rings is 1. The Kier molecular flexibility index (Phi) is 7.33. The normalized spacial score (nSPS) is 19.7. The summed E-state index contributed by atoms with van der Waals surface area (Å²) in [4.78, 5) is 18.9. The van der Waals surface area contributed by atoms with Crippen LogP contribution in [0.5, 0.6) is 0 Å². The van der Waals surface area contributed by atoms with Gasteiger partial charge in [-0.2, -0.15) is 0 Å². The fourth-order valence-electron chi connectivity index (χ4n) is 4.07. The average molecular weight is 424 g/mol. The fraction of sp³-hybridized carbons (Fsp3) is 0.440. The van der Waals surface area contributed by atoms with E-state index in [1.54, 1.807) is 24.3 Å². The summed E-state index contributed by atoms with van der Waals surface area (Å²) >= 11 is 0. The second kappa shape index (κ2) is 9.96. The number of piperidine rings is 1. The van der Waals surface area contributed by atoms with Gasteiger partial charge in [0.25, 0.3) is 5.91 Å². The van der Waals surface area contributed by atoms with Gasteiger partial charge >= 0.3 is 0 Å². The van der Waals surface area contributed by atoms with Crippen molar-refractivity contribution in [2.75, 3.05) is 33.3 Å².